The van der Waals surface area contributed by atoms with E-state index in [9.17, 15) is 4.39 Å². The fraction of sp³-hybridized carbons (Fsp3) is 0. The summed E-state index contributed by atoms with van der Waals surface area (Å²) in [7, 11) is 0. The van der Waals surface area contributed by atoms with Gasteiger partial charge in [0.15, 0.2) is 5.65 Å². The Kier molecular flexibility index (Phi) is 2.93. The number of nitrogens with zero attached hydrogens (tertiary/aromatic N) is 3. The molecule has 106 valence electrons. The van der Waals surface area contributed by atoms with Gasteiger partial charge in [-0.3, -0.25) is 0 Å². The molecule has 0 aliphatic carbocycles. The molecule has 4 aromatic rings. The third kappa shape index (κ3) is 2.05. The van der Waals surface area contributed by atoms with Crippen LogP contribution in [-0.2, 0) is 0 Å². The standard InChI is InChI=1S/C18H12FN3/c19-15-8-6-14(7-9-15)17-10-11-20-18-16(12-21-22(17)18)13-4-2-1-3-5-13/h1-12H. The average Bonchev–Trinajstić information content (AvgIpc) is 3.00. The fourth-order valence-corrected chi connectivity index (χ4v) is 2.55. The minimum absolute atomic E-state index is 0.250. The highest BCUT2D eigenvalue weighted by molar-refractivity contribution is 5.78. The molecule has 0 bridgehead atoms. The number of benzene rings is 2. The van der Waals surface area contributed by atoms with Crippen molar-refractivity contribution in [2.24, 2.45) is 0 Å². The molecule has 3 nitrogen and oxygen atoms in total. The molecule has 0 N–H and O–H groups in total. The van der Waals surface area contributed by atoms with Crippen LogP contribution >= 0.6 is 0 Å². The first-order chi connectivity index (χ1) is 10.8. The molecule has 4 heteroatoms. The summed E-state index contributed by atoms with van der Waals surface area (Å²) >= 11 is 0. The van der Waals surface area contributed by atoms with Crippen LogP contribution in [0, 0.1) is 5.82 Å². The van der Waals surface area contributed by atoms with Gasteiger partial charge in [0.2, 0.25) is 0 Å². The second kappa shape index (κ2) is 5.07. The van der Waals surface area contributed by atoms with Crippen LogP contribution in [-0.4, -0.2) is 14.6 Å². The van der Waals surface area contributed by atoms with Crippen molar-refractivity contribution in [3.63, 3.8) is 0 Å². The van der Waals surface area contributed by atoms with E-state index in [2.05, 4.69) is 10.1 Å². The number of aromatic nitrogens is 3. The van der Waals surface area contributed by atoms with Gasteiger partial charge >= 0.3 is 0 Å². The highest BCUT2D eigenvalue weighted by Gasteiger charge is 2.11. The molecule has 22 heavy (non-hydrogen) atoms. The van der Waals surface area contributed by atoms with E-state index in [1.807, 2.05) is 42.6 Å². The van der Waals surface area contributed by atoms with E-state index in [1.165, 1.54) is 12.1 Å². The molecule has 2 aromatic heterocycles. The SMILES string of the molecule is Fc1ccc(-c2ccnc3c(-c4ccccc4)cnn23)cc1. The molecular weight excluding hydrogens is 277 g/mol. The summed E-state index contributed by atoms with van der Waals surface area (Å²) in [6.07, 6.45) is 3.56. The third-order valence-electron chi connectivity index (χ3n) is 3.63. The molecule has 2 aromatic carbocycles. The zero-order valence-corrected chi connectivity index (χ0v) is 11.6. The first-order valence-electron chi connectivity index (χ1n) is 6.97. The zero-order chi connectivity index (χ0) is 14.9. The van der Waals surface area contributed by atoms with Crippen LogP contribution < -0.4 is 0 Å². The molecule has 0 aliphatic heterocycles. The molecule has 2 heterocycles. The lowest BCUT2D eigenvalue weighted by Gasteiger charge is -2.05. The van der Waals surface area contributed by atoms with Crippen LogP contribution in [0.3, 0.4) is 0 Å². The Morgan fingerprint density at radius 2 is 1.59 bits per heavy atom. The van der Waals surface area contributed by atoms with Gasteiger partial charge in [-0.15, -0.1) is 0 Å². The molecule has 0 radical (unpaired) electrons. The third-order valence-corrected chi connectivity index (χ3v) is 3.63. The van der Waals surface area contributed by atoms with Crippen molar-refractivity contribution in [3.8, 4) is 22.4 Å². The van der Waals surface area contributed by atoms with Gasteiger partial charge < -0.3 is 0 Å². The lowest BCUT2D eigenvalue weighted by atomic mass is 10.1. The van der Waals surface area contributed by atoms with Crippen LogP contribution in [0.5, 0.6) is 0 Å². The van der Waals surface area contributed by atoms with Gasteiger partial charge in [-0.25, -0.2) is 13.9 Å². The van der Waals surface area contributed by atoms with E-state index in [0.717, 1.165) is 28.0 Å². The molecule has 0 amide bonds. The van der Waals surface area contributed by atoms with Gasteiger partial charge in [0, 0.05) is 17.3 Å². The molecule has 0 saturated carbocycles. The number of fused-ring (bicyclic) bond motifs is 1. The van der Waals surface area contributed by atoms with E-state index < -0.39 is 0 Å². The fourth-order valence-electron chi connectivity index (χ4n) is 2.55. The summed E-state index contributed by atoms with van der Waals surface area (Å²) in [6.45, 7) is 0. The predicted molar refractivity (Wildman–Crippen MR) is 83.8 cm³/mol. The maximum atomic E-state index is 13.1. The minimum Gasteiger partial charge on any atom is -0.236 e. The molecule has 4 rings (SSSR count). The maximum absolute atomic E-state index is 13.1. The average molecular weight is 289 g/mol. The van der Waals surface area contributed by atoms with E-state index in [-0.39, 0.29) is 5.82 Å². The first-order valence-corrected chi connectivity index (χ1v) is 6.97. The quantitative estimate of drug-likeness (QED) is 0.553. The Morgan fingerprint density at radius 3 is 2.36 bits per heavy atom. The lowest BCUT2D eigenvalue weighted by Crippen LogP contribution is -1.95. The maximum Gasteiger partial charge on any atom is 0.163 e. The second-order valence-electron chi connectivity index (χ2n) is 5.00. The van der Waals surface area contributed by atoms with Crippen LogP contribution in [0.25, 0.3) is 28.0 Å². The molecule has 0 atom stereocenters. The van der Waals surface area contributed by atoms with Crippen molar-refractivity contribution in [1.29, 1.82) is 0 Å². The summed E-state index contributed by atoms with van der Waals surface area (Å²) in [5.74, 6) is -0.250. The molecule has 0 fully saturated rings. The van der Waals surface area contributed by atoms with Crippen LogP contribution in [0.2, 0.25) is 0 Å². The summed E-state index contributed by atoms with van der Waals surface area (Å²) in [6, 6.07) is 18.3. The molecule has 0 spiro atoms. The Balaban J connectivity index is 1.92. The smallest absolute Gasteiger partial charge is 0.163 e. The Bertz CT molecular complexity index is 928. The highest BCUT2D eigenvalue weighted by atomic mass is 19.1. The number of rotatable bonds is 2. The van der Waals surface area contributed by atoms with Gasteiger partial charge in [0.25, 0.3) is 0 Å². The normalized spacial score (nSPS) is 11.0. The van der Waals surface area contributed by atoms with Gasteiger partial charge in [-0.05, 0) is 35.9 Å². The van der Waals surface area contributed by atoms with Gasteiger partial charge in [0.1, 0.15) is 5.82 Å². The summed E-state index contributed by atoms with van der Waals surface area (Å²) in [5, 5.41) is 4.45. The number of hydrogen-bond donors (Lipinski definition) is 0. The van der Waals surface area contributed by atoms with Crippen LogP contribution in [0.15, 0.2) is 73.1 Å². The van der Waals surface area contributed by atoms with Crippen LogP contribution in [0.1, 0.15) is 0 Å². The number of hydrogen-bond acceptors (Lipinski definition) is 2. The van der Waals surface area contributed by atoms with E-state index >= 15 is 0 Å². The minimum atomic E-state index is -0.250. The van der Waals surface area contributed by atoms with Crippen molar-refractivity contribution in [1.82, 2.24) is 14.6 Å². The van der Waals surface area contributed by atoms with Crippen molar-refractivity contribution in [2.45, 2.75) is 0 Å². The number of halogens is 1. The summed E-state index contributed by atoms with van der Waals surface area (Å²) in [5.41, 5.74) is 4.61. The zero-order valence-electron chi connectivity index (χ0n) is 11.6. The Hall–Kier alpha value is -3.01. The van der Waals surface area contributed by atoms with Crippen molar-refractivity contribution < 1.29 is 4.39 Å². The second-order valence-corrected chi connectivity index (χ2v) is 5.00. The van der Waals surface area contributed by atoms with Gasteiger partial charge in [-0.1, -0.05) is 30.3 Å². The molecular formula is C18H12FN3. The molecule has 0 aliphatic rings. The Labute approximate surface area is 126 Å². The van der Waals surface area contributed by atoms with Crippen molar-refractivity contribution in [3.05, 3.63) is 78.9 Å². The Morgan fingerprint density at radius 1 is 0.818 bits per heavy atom. The van der Waals surface area contributed by atoms with Crippen molar-refractivity contribution in [2.75, 3.05) is 0 Å². The summed E-state index contributed by atoms with van der Waals surface area (Å²) in [4.78, 5) is 4.45. The summed E-state index contributed by atoms with van der Waals surface area (Å²) < 4.78 is 14.9. The first kappa shape index (κ1) is 12.7. The monoisotopic (exact) mass is 289 g/mol. The van der Waals surface area contributed by atoms with Gasteiger partial charge in [-0.2, -0.15) is 5.10 Å². The molecule has 0 unspecified atom stereocenters. The van der Waals surface area contributed by atoms with E-state index in [0.29, 0.717) is 0 Å². The van der Waals surface area contributed by atoms with Gasteiger partial charge in [0.05, 0.1) is 11.9 Å². The van der Waals surface area contributed by atoms with E-state index in [1.54, 1.807) is 22.8 Å². The predicted octanol–water partition coefficient (Wildman–Crippen LogP) is 4.20. The molecule has 0 saturated heterocycles. The lowest BCUT2D eigenvalue weighted by molar-refractivity contribution is 0.628. The largest absolute Gasteiger partial charge is 0.236 e. The highest BCUT2D eigenvalue weighted by Crippen LogP contribution is 2.26. The van der Waals surface area contributed by atoms with Crippen LogP contribution in [0.4, 0.5) is 4.39 Å². The topological polar surface area (TPSA) is 30.2 Å². The van der Waals surface area contributed by atoms with E-state index in [4.69, 9.17) is 0 Å². The van der Waals surface area contributed by atoms with Crippen molar-refractivity contribution >= 4 is 5.65 Å².